The Morgan fingerprint density at radius 2 is 1.73 bits per heavy atom. The van der Waals surface area contributed by atoms with E-state index in [1.807, 2.05) is 6.07 Å². The highest BCUT2D eigenvalue weighted by atomic mass is 19.1. The van der Waals surface area contributed by atoms with Gasteiger partial charge in [0, 0.05) is 0 Å². The molecule has 0 radical (unpaired) electrons. The van der Waals surface area contributed by atoms with E-state index in [1.54, 1.807) is 12.1 Å². The summed E-state index contributed by atoms with van der Waals surface area (Å²) in [5.41, 5.74) is 0.332. The van der Waals surface area contributed by atoms with Gasteiger partial charge in [-0.3, -0.25) is 0 Å². The average molecular weight is 360 g/mol. The number of hydrogen-bond donors (Lipinski definition) is 0. The molecule has 0 spiro atoms. The minimum absolute atomic E-state index is 0.264. The first-order chi connectivity index (χ1) is 12.7. The molecule has 1 aromatic carbocycles. The second-order valence-electron chi connectivity index (χ2n) is 7.76. The zero-order chi connectivity index (χ0) is 18.6. The molecule has 1 aromatic rings. The molecule has 2 atom stereocenters. The summed E-state index contributed by atoms with van der Waals surface area (Å²) in [6.07, 6.45) is 15.9. The fraction of sp³-hybridized carbons (Fsp3) is 0.696. The molecule has 2 unspecified atom stereocenters. The van der Waals surface area contributed by atoms with Crippen LogP contribution in [-0.2, 0) is 0 Å². The van der Waals surface area contributed by atoms with Crippen LogP contribution in [0, 0.1) is 29.0 Å². The molecule has 26 heavy (non-hydrogen) atoms. The van der Waals surface area contributed by atoms with E-state index in [0.29, 0.717) is 12.2 Å². The zero-order valence-corrected chi connectivity index (χ0v) is 16.3. The Bertz CT molecular complexity index is 566. The minimum Gasteiger partial charge on any atom is -0.491 e. The molecule has 1 saturated carbocycles. The second-order valence-corrected chi connectivity index (χ2v) is 7.76. The number of nitrogens with zero attached hydrogens (tertiary/aromatic N) is 1. The Morgan fingerprint density at radius 1 is 1.04 bits per heavy atom. The van der Waals surface area contributed by atoms with E-state index in [0.717, 1.165) is 18.3 Å². The SMILES string of the molecule is CCCCCCCC1CCCCC1CCCOc1ccc(C#N)cc1F. The lowest BCUT2D eigenvalue weighted by molar-refractivity contribution is 0.189. The Kier molecular flexibility index (Phi) is 9.53. The lowest BCUT2D eigenvalue weighted by Crippen LogP contribution is -2.20. The number of halogens is 1. The van der Waals surface area contributed by atoms with Crippen molar-refractivity contribution in [3.63, 3.8) is 0 Å². The van der Waals surface area contributed by atoms with Gasteiger partial charge in [-0.2, -0.15) is 5.26 Å². The molecule has 0 N–H and O–H groups in total. The Labute approximate surface area is 158 Å². The number of unbranched alkanes of at least 4 members (excludes halogenated alkanes) is 4. The summed E-state index contributed by atoms with van der Waals surface area (Å²) in [6, 6.07) is 6.35. The smallest absolute Gasteiger partial charge is 0.166 e. The van der Waals surface area contributed by atoms with Gasteiger partial charge in [0.2, 0.25) is 0 Å². The van der Waals surface area contributed by atoms with Crippen LogP contribution in [0.3, 0.4) is 0 Å². The fourth-order valence-electron chi connectivity index (χ4n) is 4.27. The molecular weight excluding hydrogens is 325 g/mol. The first-order valence-corrected chi connectivity index (χ1v) is 10.6. The molecule has 0 aliphatic heterocycles. The second kappa shape index (κ2) is 11.9. The fourth-order valence-corrected chi connectivity index (χ4v) is 4.27. The van der Waals surface area contributed by atoms with E-state index in [9.17, 15) is 4.39 Å². The summed E-state index contributed by atoms with van der Waals surface area (Å²) < 4.78 is 19.4. The van der Waals surface area contributed by atoms with Crippen LogP contribution in [0.5, 0.6) is 5.75 Å². The standard InChI is InChI=1S/C23H34FNO/c1-2-3-4-5-6-10-20-11-7-8-12-21(20)13-9-16-26-23-15-14-19(18-25)17-22(23)24/h14-15,17,20-21H,2-13,16H2,1H3. The predicted octanol–water partition coefficient (Wildman–Crippen LogP) is 7.02. The largest absolute Gasteiger partial charge is 0.491 e. The van der Waals surface area contributed by atoms with Gasteiger partial charge in [-0.25, -0.2) is 4.39 Å². The normalized spacial score (nSPS) is 19.9. The first kappa shape index (κ1) is 20.7. The van der Waals surface area contributed by atoms with Crippen molar-refractivity contribution in [2.75, 3.05) is 6.61 Å². The van der Waals surface area contributed by atoms with Crippen molar-refractivity contribution in [3.8, 4) is 11.8 Å². The molecule has 1 fully saturated rings. The van der Waals surface area contributed by atoms with E-state index in [1.165, 1.54) is 76.7 Å². The quantitative estimate of drug-likeness (QED) is 0.398. The summed E-state index contributed by atoms with van der Waals surface area (Å²) in [5, 5.41) is 8.78. The van der Waals surface area contributed by atoms with Crippen LogP contribution >= 0.6 is 0 Å². The van der Waals surface area contributed by atoms with E-state index in [-0.39, 0.29) is 5.75 Å². The third-order valence-corrected chi connectivity index (χ3v) is 5.78. The lowest BCUT2D eigenvalue weighted by Gasteiger charge is -2.31. The minimum atomic E-state index is -0.438. The van der Waals surface area contributed by atoms with Crippen molar-refractivity contribution in [3.05, 3.63) is 29.6 Å². The Morgan fingerprint density at radius 3 is 2.38 bits per heavy atom. The van der Waals surface area contributed by atoms with Gasteiger partial charge in [-0.1, -0.05) is 71.1 Å². The maximum Gasteiger partial charge on any atom is 0.166 e. The summed E-state index contributed by atoms with van der Waals surface area (Å²) >= 11 is 0. The summed E-state index contributed by atoms with van der Waals surface area (Å²) in [6.45, 7) is 2.82. The van der Waals surface area contributed by atoms with Crippen LogP contribution in [0.4, 0.5) is 4.39 Å². The van der Waals surface area contributed by atoms with Crippen LogP contribution in [0.15, 0.2) is 18.2 Å². The van der Waals surface area contributed by atoms with E-state index in [4.69, 9.17) is 10.00 Å². The van der Waals surface area contributed by atoms with Crippen molar-refractivity contribution < 1.29 is 9.13 Å². The predicted molar refractivity (Wildman–Crippen MR) is 105 cm³/mol. The number of nitriles is 1. The summed E-state index contributed by atoms with van der Waals surface area (Å²) in [4.78, 5) is 0. The van der Waals surface area contributed by atoms with Crippen molar-refractivity contribution in [1.82, 2.24) is 0 Å². The van der Waals surface area contributed by atoms with Crippen molar-refractivity contribution in [2.45, 2.75) is 84.0 Å². The van der Waals surface area contributed by atoms with Crippen LogP contribution in [0.2, 0.25) is 0 Å². The molecule has 144 valence electrons. The molecule has 0 saturated heterocycles. The van der Waals surface area contributed by atoms with Crippen LogP contribution in [0.25, 0.3) is 0 Å². The maximum absolute atomic E-state index is 13.8. The summed E-state index contributed by atoms with van der Waals surface area (Å²) in [7, 11) is 0. The molecule has 2 rings (SSSR count). The van der Waals surface area contributed by atoms with Gasteiger partial charge in [-0.05, 0) is 42.9 Å². The molecule has 1 aliphatic carbocycles. The van der Waals surface area contributed by atoms with Crippen LogP contribution in [-0.4, -0.2) is 6.61 Å². The van der Waals surface area contributed by atoms with E-state index < -0.39 is 5.82 Å². The van der Waals surface area contributed by atoms with Gasteiger partial charge in [0.05, 0.1) is 18.2 Å². The number of ether oxygens (including phenoxy) is 1. The zero-order valence-electron chi connectivity index (χ0n) is 16.3. The van der Waals surface area contributed by atoms with Gasteiger partial charge >= 0.3 is 0 Å². The highest BCUT2D eigenvalue weighted by Gasteiger charge is 2.24. The highest BCUT2D eigenvalue weighted by molar-refractivity contribution is 5.35. The lowest BCUT2D eigenvalue weighted by atomic mass is 9.74. The average Bonchev–Trinajstić information content (AvgIpc) is 2.67. The van der Waals surface area contributed by atoms with Gasteiger partial charge < -0.3 is 4.74 Å². The first-order valence-electron chi connectivity index (χ1n) is 10.6. The van der Waals surface area contributed by atoms with Gasteiger partial charge in [0.25, 0.3) is 0 Å². The molecule has 0 bridgehead atoms. The number of rotatable bonds is 11. The molecule has 2 nitrogen and oxygen atoms in total. The number of benzene rings is 1. The third kappa shape index (κ3) is 6.98. The third-order valence-electron chi connectivity index (χ3n) is 5.78. The molecule has 1 aliphatic rings. The monoisotopic (exact) mass is 359 g/mol. The van der Waals surface area contributed by atoms with Crippen molar-refractivity contribution >= 4 is 0 Å². The molecular formula is C23H34FNO. The number of hydrogen-bond acceptors (Lipinski definition) is 2. The maximum atomic E-state index is 13.8. The van der Waals surface area contributed by atoms with Crippen LogP contribution < -0.4 is 4.74 Å². The molecule has 0 heterocycles. The van der Waals surface area contributed by atoms with E-state index in [2.05, 4.69) is 6.92 Å². The summed E-state index contributed by atoms with van der Waals surface area (Å²) in [5.74, 6) is 1.54. The van der Waals surface area contributed by atoms with Crippen molar-refractivity contribution in [1.29, 1.82) is 5.26 Å². The van der Waals surface area contributed by atoms with Gasteiger partial charge in [-0.15, -0.1) is 0 Å². The molecule has 0 aromatic heterocycles. The van der Waals surface area contributed by atoms with Crippen molar-refractivity contribution in [2.24, 2.45) is 11.8 Å². The topological polar surface area (TPSA) is 33.0 Å². The Hall–Kier alpha value is -1.56. The van der Waals surface area contributed by atoms with Crippen LogP contribution in [0.1, 0.15) is 89.5 Å². The van der Waals surface area contributed by atoms with E-state index >= 15 is 0 Å². The highest BCUT2D eigenvalue weighted by Crippen LogP contribution is 2.36. The Balaban J connectivity index is 1.68. The molecule has 3 heteroatoms. The van der Waals surface area contributed by atoms with Gasteiger partial charge in [0.15, 0.2) is 11.6 Å². The van der Waals surface area contributed by atoms with Gasteiger partial charge in [0.1, 0.15) is 0 Å². The molecule has 0 amide bonds.